The van der Waals surface area contributed by atoms with Gasteiger partial charge in [-0.2, -0.15) is 0 Å². The van der Waals surface area contributed by atoms with E-state index in [0.29, 0.717) is 26.3 Å². The first-order valence-corrected chi connectivity index (χ1v) is 10.5. The van der Waals surface area contributed by atoms with Crippen LogP contribution in [-0.2, 0) is 0 Å². The Morgan fingerprint density at radius 2 is 1.41 bits per heavy atom. The van der Waals surface area contributed by atoms with Crippen molar-refractivity contribution in [2.75, 3.05) is 26.3 Å². The maximum atomic E-state index is 5.65. The van der Waals surface area contributed by atoms with Gasteiger partial charge in [-0.15, -0.1) is 24.0 Å². The predicted octanol–water partition coefficient (Wildman–Crippen LogP) is 4.65. The van der Waals surface area contributed by atoms with E-state index in [1.165, 1.54) is 5.56 Å². The molecule has 1 atom stereocenters. The van der Waals surface area contributed by atoms with E-state index in [-0.39, 0.29) is 30.0 Å². The molecule has 3 aromatic carbocycles. The van der Waals surface area contributed by atoms with E-state index in [1.807, 2.05) is 78.9 Å². The van der Waals surface area contributed by atoms with Crippen molar-refractivity contribution >= 4 is 35.6 Å². The van der Waals surface area contributed by atoms with Gasteiger partial charge in [0, 0.05) is 6.54 Å². The number of ether oxygens (including phenoxy) is 2. The highest BCUT2D eigenvalue weighted by Crippen LogP contribution is 2.27. The van der Waals surface area contributed by atoms with Crippen molar-refractivity contribution < 1.29 is 9.47 Å². The van der Waals surface area contributed by atoms with Crippen molar-refractivity contribution in [3.05, 3.63) is 90.5 Å². The highest BCUT2D eigenvalue weighted by Gasteiger charge is 2.16. The fraction of sp³-hybridized carbons (Fsp3) is 0.240. The highest BCUT2D eigenvalue weighted by molar-refractivity contribution is 14.0. The standard InChI is InChI=1S/C17H19N3O.C8H11NO.HI/c1-13-15-9-5-6-10-16(15)20-17(19-13)18-11-12-21-14-7-3-2-4-8-14;9-6-7-10-8-4-2-1-3-5-8;/h2-10,13H,11-12H2,1H3,(H2,18,19,20);1-5H,6-7,9H2;1H. The van der Waals surface area contributed by atoms with Crippen LogP contribution in [-0.4, -0.2) is 32.3 Å². The van der Waals surface area contributed by atoms with E-state index in [4.69, 9.17) is 15.2 Å². The number of rotatable bonds is 7. The third-order valence-corrected chi connectivity index (χ3v) is 4.52. The number of fused-ring (bicyclic) bond motifs is 1. The average Bonchev–Trinajstić information content (AvgIpc) is 2.82. The molecule has 7 heteroatoms. The molecule has 0 bridgehead atoms. The molecule has 6 nitrogen and oxygen atoms in total. The highest BCUT2D eigenvalue weighted by atomic mass is 127. The summed E-state index contributed by atoms with van der Waals surface area (Å²) in [6, 6.07) is 27.9. The molecule has 0 saturated heterocycles. The quantitative estimate of drug-likeness (QED) is 0.297. The molecule has 1 aliphatic heterocycles. The lowest BCUT2D eigenvalue weighted by molar-refractivity contribution is 0.321. The van der Waals surface area contributed by atoms with Crippen molar-refractivity contribution in [3.8, 4) is 11.5 Å². The van der Waals surface area contributed by atoms with E-state index in [0.717, 1.165) is 23.1 Å². The van der Waals surface area contributed by atoms with Gasteiger partial charge in [-0.05, 0) is 42.8 Å². The largest absolute Gasteiger partial charge is 0.492 e. The van der Waals surface area contributed by atoms with E-state index in [2.05, 4.69) is 28.6 Å². The number of hydrogen-bond acceptors (Lipinski definition) is 6. The van der Waals surface area contributed by atoms with Gasteiger partial charge < -0.3 is 25.8 Å². The van der Waals surface area contributed by atoms with Gasteiger partial charge in [-0.25, -0.2) is 4.99 Å². The molecule has 0 radical (unpaired) electrons. The summed E-state index contributed by atoms with van der Waals surface area (Å²) in [5.41, 5.74) is 7.50. The minimum absolute atomic E-state index is 0. The molecular weight excluding hydrogens is 515 g/mol. The first-order chi connectivity index (χ1) is 15.3. The zero-order valence-corrected chi connectivity index (χ0v) is 20.6. The average molecular weight is 546 g/mol. The Labute approximate surface area is 207 Å². The van der Waals surface area contributed by atoms with Crippen LogP contribution in [0.1, 0.15) is 18.5 Å². The van der Waals surface area contributed by atoms with Crippen molar-refractivity contribution in [2.24, 2.45) is 10.7 Å². The van der Waals surface area contributed by atoms with Crippen LogP contribution in [0.15, 0.2) is 89.9 Å². The second-order valence-electron chi connectivity index (χ2n) is 6.92. The van der Waals surface area contributed by atoms with Crippen molar-refractivity contribution in [3.63, 3.8) is 0 Å². The van der Waals surface area contributed by atoms with Crippen molar-refractivity contribution in [2.45, 2.75) is 13.0 Å². The molecule has 1 unspecified atom stereocenters. The number of nitrogens with one attached hydrogen (secondary N) is 2. The number of nitrogens with two attached hydrogens (primary N) is 1. The Kier molecular flexibility index (Phi) is 11.4. The Hall–Kier alpha value is -2.78. The lowest BCUT2D eigenvalue weighted by Crippen LogP contribution is -2.42. The summed E-state index contributed by atoms with van der Waals surface area (Å²) in [6.07, 6.45) is 0. The lowest BCUT2D eigenvalue weighted by Gasteiger charge is -2.24. The number of hydrogen-bond donors (Lipinski definition) is 3. The summed E-state index contributed by atoms with van der Waals surface area (Å²) in [7, 11) is 0. The molecular formula is C25H31IN4O2. The molecule has 0 saturated carbocycles. The van der Waals surface area contributed by atoms with Gasteiger partial charge in [-0.3, -0.25) is 0 Å². The van der Waals surface area contributed by atoms with Gasteiger partial charge in [-0.1, -0.05) is 54.6 Å². The number of halogens is 1. The van der Waals surface area contributed by atoms with Crippen LogP contribution in [0.3, 0.4) is 0 Å². The first kappa shape index (κ1) is 25.5. The number of nitrogens with zero attached hydrogens (tertiary/aromatic N) is 1. The van der Waals surface area contributed by atoms with Gasteiger partial charge in [0.25, 0.3) is 0 Å². The molecule has 0 aliphatic carbocycles. The van der Waals surface area contributed by atoms with Crippen LogP contribution in [0.25, 0.3) is 0 Å². The SMILES string of the molecule is CC1NC(NCCOc2ccccc2)=Nc2ccccc21.I.NCCOc1ccccc1. The van der Waals surface area contributed by atoms with Crippen LogP contribution in [0.4, 0.5) is 5.69 Å². The van der Waals surface area contributed by atoms with E-state index in [1.54, 1.807) is 0 Å². The van der Waals surface area contributed by atoms with E-state index in [9.17, 15) is 0 Å². The van der Waals surface area contributed by atoms with Crippen LogP contribution in [0, 0.1) is 0 Å². The molecule has 0 spiro atoms. The van der Waals surface area contributed by atoms with Crippen LogP contribution < -0.4 is 25.8 Å². The Balaban J connectivity index is 0.000000280. The topological polar surface area (TPSA) is 80.9 Å². The molecule has 3 aromatic rings. The summed E-state index contributed by atoms with van der Waals surface area (Å²) in [5, 5.41) is 6.63. The summed E-state index contributed by atoms with van der Waals surface area (Å²) >= 11 is 0. The van der Waals surface area contributed by atoms with Gasteiger partial charge in [0.2, 0.25) is 0 Å². The molecule has 0 amide bonds. The van der Waals surface area contributed by atoms with Crippen LogP contribution >= 0.6 is 24.0 Å². The maximum absolute atomic E-state index is 5.65. The number of aliphatic imine (C=N–C) groups is 1. The second kappa shape index (κ2) is 14.3. The van der Waals surface area contributed by atoms with Crippen molar-refractivity contribution in [1.82, 2.24) is 10.6 Å². The maximum Gasteiger partial charge on any atom is 0.197 e. The minimum atomic E-state index is 0. The summed E-state index contributed by atoms with van der Waals surface area (Å²) in [6.45, 7) is 4.59. The summed E-state index contributed by atoms with van der Waals surface area (Å²) < 4.78 is 10.9. The monoisotopic (exact) mass is 546 g/mol. The molecule has 4 rings (SSSR count). The van der Waals surface area contributed by atoms with Crippen LogP contribution in [0.2, 0.25) is 0 Å². The molecule has 170 valence electrons. The van der Waals surface area contributed by atoms with Gasteiger partial charge in [0.05, 0.1) is 18.3 Å². The Morgan fingerprint density at radius 1 is 0.844 bits per heavy atom. The smallest absolute Gasteiger partial charge is 0.197 e. The van der Waals surface area contributed by atoms with Crippen LogP contribution in [0.5, 0.6) is 11.5 Å². The molecule has 1 heterocycles. The van der Waals surface area contributed by atoms with Gasteiger partial charge in [0.15, 0.2) is 5.96 Å². The minimum Gasteiger partial charge on any atom is -0.492 e. The number of benzene rings is 3. The third-order valence-electron chi connectivity index (χ3n) is 4.52. The molecule has 0 fully saturated rings. The normalized spacial score (nSPS) is 13.7. The molecule has 4 N–H and O–H groups in total. The number of guanidine groups is 1. The Bertz CT molecular complexity index is 939. The zero-order valence-electron chi connectivity index (χ0n) is 18.2. The van der Waals surface area contributed by atoms with Gasteiger partial charge in [0.1, 0.15) is 24.7 Å². The zero-order chi connectivity index (χ0) is 21.7. The van der Waals surface area contributed by atoms with E-state index >= 15 is 0 Å². The van der Waals surface area contributed by atoms with Crippen molar-refractivity contribution in [1.29, 1.82) is 0 Å². The van der Waals surface area contributed by atoms with Gasteiger partial charge >= 0.3 is 0 Å². The lowest BCUT2D eigenvalue weighted by atomic mass is 10.1. The summed E-state index contributed by atoms with van der Waals surface area (Å²) in [4.78, 5) is 4.58. The number of para-hydroxylation sites is 3. The first-order valence-electron chi connectivity index (χ1n) is 10.5. The Morgan fingerprint density at radius 3 is 2.03 bits per heavy atom. The fourth-order valence-corrected chi connectivity index (χ4v) is 3.03. The van der Waals surface area contributed by atoms with E-state index < -0.39 is 0 Å². The molecule has 0 aromatic heterocycles. The third kappa shape index (κ3) is 8.39. The molecule has 1 aliphatic rings. The second-order valence-corrected chi connectivity index (χ2v) is 6.92. The molecule has 32 heavy (non-hydrogen) atoms. The predicted molar refractivity (Wildman–Crippen MR) is 141 cm³/mol. The fourth-order valence-electron chi connectivity index (χ4n) is 3.03. The summed E-state index contributed by atoms with van der Waals surface area (Å²) in [5.74, 6) is 2.57.